The lowest BCUT2D eigenvalue weighted by molar-refractivity contribution is 0.0924. The number of aryl methyl sites for hydroxylation is 1. The van der Waals surface area contributed by atoms with E-state index in [-0.39, 0.29) is 11.7 Å². The van der Waals surface area contributed by atoms with Crippen LogP contribution in [0.15, 0.2) is 6.33 Å². The highest BCUT2D eigenvalue weighted by molar-refractivity contribution is 8.00. The lowest BCUT2D eigenvalue weighted by atomic mass is 10.1. The molecule has 1 aliphatic heterocycles. The molecule has 0 N–H and O–H groups in total. The summed E-state index contributed by atoms with van der Waals surface area (Å²) in [6.45, 7) is 0. The molecular formula is C7H9N3OS. The zero-order chi connectivity index (χ0) is 8.55. The number of hydrogen-bond acceptors (Lipinski definition) is 4. The Labute approximate surface area is 74.4 Å². The Morgan fingerprint density at radius 1 is 1.75 bits per heavy atom. The van der Waals surface area contributed by atoms with E-state index in [0.29, 0.717) is 5.82 Å². The Kier molecular flexibility index (Phi) is 1.88. The van der Waals surface area contributed by atoms with E-state index in [2.05, 4.69) is 10.1 Å². The zero-order valence-electron chi connectivity index (χ0n) is 6.73. The molecule has 0 bridgehead atoms. The number of Topliss-reactive ketones (excluding diaryl/α,β-unsaturated/α-hetero) is 1. The Balaban J connectivity index is 2.19. The molecule has 1 fully saturated rings. The van der Waals surface area contributed by atoms with Gasteiger partial charge in [-0.15, -0.1) is 0 Å². The van der Waals surface area contributed by atoms with Crippen molar-refractivity contribution < 1.29 is 4.79 Å². The predicted molar refractivity (Wildman–Crippen MR) is 46.1 cm³/mol. The minimum Gasteiger partial charge on any atom is -0.290 e. The second-order valence-electron chi connectivity index (χ2n) is 2.81. The van der Waals surface area contributed by atoms with Crippen molar-refractivity contribution in [1.82, 2.24) is 14.8 Å². The first-order chi connectivity index (χ1) is 5.79. The summed E-state index contributed by atoms with van der Waals surface area (Å²) in [5.41, 5.74) is 0. The molecule has 5 heteroatoms. The van der Waals surface area contributed by atoms with Crippen molar-refractivity contribution in [2.75, 3.05) is 11.5 Å². The highest BCUT2D eigenvalue weighted by Gasteiger charge is 2.29. The highest BCUT2D eigenvalue weighted by Crippen LogP contribution is 2.26. The van der Waals surface area contributed by atoms with Crippen LogP contribution in [0, 0.1) is 5.92 Å². The lowest BCUT2D eigenvalue weighted by Crippen LogP contribution is -2.29. The van der Waals surface area contributed by atoms with Crippen molar-refractivity contribution in [3.8, 4) is 0 Å². The zero-order valence-corrected chi connectivity index (χ0v) is 7.54. The minimum absolute atomic E-state index is 0.133. The topological polar surface area (TPSA) is 47.8 Å². The van der Waals surface area contributed by atoms with Crippen LogP contribution in [-0.2, 0) is 7.05 Å². The Hall–Kier alpha value is -0.840. The van der Waals surface area contributed by atoms with E-state index in [1.165, 1.54) is 11.0 Å². The third kappa shape index (κ3) is 1.14. The van der Waals surface area contributed by atoms with Gasteiger partial charge >= 0.3 is 0 Å². The van der Waals surface area contributed by atoms with Crippen molar-refractivity contribution in [2.45, 2.75) is 0 Å². The highest BCUT2D eigenvalue weighted by atomic mass is 32.2. The molecule has 12 heavy (non-hydrogen) atoms. The van der Waals surface area contributed by atoms with Gasteiger partial charge in [-0.2, -0.15) is 16.9 Å². The molecule has 64 valence electrons. The van der Waals surface area contributed by atoms with Crippen LogP contribution < -0.4 is 0 Å². The van der Waals surface area contributed by atoms with Gasteiger partial charge in [0.2, 0.25) is 5.78 Å². The number of ketones is 1. The molecule has 0 spiro atoms. The molecule has 0 saturated carbocycles. The maximum absolute atomic E-state index is 11.6. The molecule has 1 aromatic rings. The van der Waals surface area contributed by atoms with Crippen LogP contribution in [0.3, 0.4) is 0 Å². The number of aromatic nitrogens is 3. The van der Waals surface area contributed by atoms with Gasteiger partial charge in [-0.1, -0.05) is 0 Å². The van der Waals surface area contributed by atoms with Crippen LogP contribution >= 0.6 is 11.8 Å². The molecule has 1 aliphatic rings. The Morgan fingerprint density at radius 2 is 2.50 bits per heavy atom. The quantitative estimate of drug-likeness (QED) is 0.621. The molecule has 0 atom stereocenters. The summed E-state index contributed by atoms with van der Waals surface area (Å²) in [7, 11) is 1.74. The lowest BCUT2D eigenvalue weighted by Gasteiger charge is -2.22. The summed E-state index contributed by atoms with van der Waals surface area (Å²) in [4.78, 5) is 15.5. The van der Waals surface area contributed by atoms with Gasteiger partial charge in [-0.05, 0) is 0 Å². The van der Waals surface area contributed by atoms with Crippen LogP contribution in [0.2, 0.25) is 0 Å². The number of nitrogens with zero attached hydrogens (tertiary/aromatic N) is 3. The Bertz CT molecular complexity index is 305. The minimum atomic E-state index is 0.133. The van der Waals surface area contributed by atoms with E-state index in [1.54, 1.807) is 18.8 Å². The van der Waals surface area contributed by atoms with E-state index in [0.717, 1.165) is 11.5 Å². The smallest absolute Gasteiger partial charge is 0.204 e. The molecule has 0 amide bonds. The number of carbonyl (C=O) groups excluding carboxylic acids is 1. The molecular weight excluding hydrogens is 174 g/mol. The van der Waals surface area contributed by atoms with Gasteiger partial charge in [-0.25, -0.2) is 9.67 Å². The predicted octanol–water partition coefficient (Wildman–Crippen LogP) is 0.361. The van der Waals surface area contributed by atoms with Crippen molar-refractivity contribution in [2.24, 2.45) is 13.0 Å². The van der Waals surface area contributed by atoms with Gasteiger partial charge in [0.1, 0.15) is 6.33 Å². The van der Waals surface area contributed by atoms with Gasteiger partial charge in [-0.3, -0.25) is 4.79 Å². The monoisotopic (exact) mass is 183 g/mol. The molecule has 1 aromatic heterocycles. The van der Waals surface area contributed by atoms with Gasteiger partial charge in [0, 0.05) is 24.5 Å². The molecule has 2 heterocycles. The van der Waals surface area contributed by atoms with Crippen LogP contribution in [0.5, 0.6) is 0 Å². The number of hydrogen-bond donors (Lipinski definition) is 0. The Morgan fingerprint density at radius 3 is 2.92 bits per heavy atom. The standard InChI is InChI=1S/C7H9N3OS/c1-10-7(8-4-9-10)6(11)5-2-12-3-5/h4-5H,2-3H2,1H3. The molecule has 4 nitrogen and oxygen atoms in total. The summed E-state index contributed by atoms with van der Waals surface area (Å²) in [6.07, 6.45) is 1.42. The SMILES string of the molecule is Cn1ncnc1C(=O)C1CSC1. The third-order valence-electron chi connectivity index (χ3n) is 1.94. The fraction of sp³-hybridized carbons (Fsp3) is 0.571. The maximum Gasteiger partial charge on any atom is 0.204 e. The first-order valence-electron chi connectivity index (χ1n) is 3.75. The average Bonchev–Trinajstić information content (AvgIpc) is 2.31. The summed E-state index contributed by atoms with van der Waals surface area (Å²) >= 11 is 1.80. The molecule has 0 radical (unpaired) electrons. The van der Waals surface area contributed by atoms with Crippen LogP contribution in [0.4, 0.5) is 0 Å². The van der Waals surface area contributed by atoms with Crippen LogP contribution in [0.1, 0.15) is 10.6 Å². The second-order valence-corrected chi connectivity index (χ2v) is 3.88. The first-order valence-corrected chi connectivity index (χ1v) is 4.90. The third-order valence-corrected chi connectivity index (χ3v) is 3.22. The van der Waals surface area contributed by atoms with E-state index in [4.69, 9.17) is 0 Å². The number of thioether (sulfide) groups is 1. The van der Waals surface area contributed by atoms with E-state index < -0.39 is 0 Å². The van der Waals surface area contributed by atoms with Crippen molar-refractivity contribution in [3.05, 3.63) is 12.2 Å². The summed E-state index contributed by atoms with van der Waals surface area (Å²) in [6, 6.07) is 0. The van der Waals surface area contributed by atoms with Gasteiger partial charge in [0.25, 0.3) is 0 Å². The van der Waals surface area contributed by atoms with Gasteiger partial charge < -0.3 is 0 Å². The molecule has 0 unspecified atom stereocenters. The fourth-order valence-electron chi connectivity index (χ4n) is 1.09. The van der Waals surface area contributed by atoms with Gasteiger partial charge in [0.15, 0.2) is 5.82 Å². The summed E-state index contributed by atoms with van der Waals surface area (Å²) in [5, 5.41) is 3.86. The van der Waals surface area contributed by atoms with Crippen LogP contribution in [0.25, 0.3) is 0 Å². The van der Waals surface area contributed by atoms with Crippen LogP contribution in [-0.4, -0.2) is 32.1 Å². The normalized spacial score (nSPS) is 17.4. The van der Waals surface area contributed by atoms with E-state index >= 15 is 0 Å². The average molecular weight is 183 g/mol. The number of rotatable bonds is 2. The fourth-order valence-corrected chi connectivity index (χ4v) is 1.86. The van der Waals surface area contributed by atoms with Crippen molar-refractivity contribution >= 4 is 17.5 Å². The maximum atomic E-state index is 11.6. The number of carbonyl (C=O) groups is 1. The molecule has 0 aromatic carbocycles. The first kappa shape index (κ1) is 7.79. The van der Waals surface area contributed by atoms with E-state index in [1.807, 2.05) is 0 Å². The summed E-state index contributed by atoms with van der Waals surface area (Å²) in [5.74, 6) is 2.67. The molecule has 0 aliphatic carbocycles. The second kappa shape index (κ2) is 2.90. The molecule has 2 rings (SSSR count). The largest absolute Gasteiger partial charge is 0.290 e. The van der Waals surface area contributed by atoms with E-state index in [9.17, 15) is 4.79 Å². The van der Waals surface area contributed by atoms with Crippen molar-refractivity contribution in [1.29, 1.82) is 0 Å². The summed E-state index contributed by atoms with van der Waals surface area (Å²) < 4.78 is 1.53. The molecule has 1 saturated heterocycles. The van der Waals surface area contributed by atoms with Gasteiger partial charge in [0.05, 0.1) is 0 Å². The van der Waals surface area contributed by atoms with Crippen molar-refractivity contribution in [3.63, 3.8) is 0 Å².